The number of ether oxygens (including phenoxy) is 3. The Balaban J connectivity index is 1.75. The summed E-state index contributed by atoms with van der Waals surface area (Å²) in [6.45, 7) is 3.00. The van der Waals surface area contributed by atoms with Crippen LogP contribution < -0.4 is 19.5 Å². The summed E-state index contributed by atoms with van der Waals surface area (Å²) in [4.78, 5) is 13.0. The molecule has 1 amide bonds. The molecule has 6 nitrogen and oxygen atoms in total. The standard InChI is InChI=1S/C24H24N2O4/c1-5-26-19-9-7-6-8-16(19)18-14-15(10-12-20(18)26)25-24(27)17-11-13-21(28-2)23(30-4)22(17)29-3/h6-14H,5H2,1-4H3,(H,25,27). The first kappa shape index (κ1) is 19.6. The van der Waals surface area contributed by atoms with Crippen LogP contribution in [0, 0.1) is 0 Å². The predicted molar refractivity (Wildman–Crippen MR) is 119 cm³/mol. The van der Waals surface area contributed by atoms with Gasteiger partial charge >= 0.3 is 0 Å². The van der Waals surface area contributed by atoms with E-state index in [0.717, 1.165) is 22.8 Å². The van der Waals surface area contributed by atoms with E-state index in [2.05, 4.69) is 28.9 Å². The third kappa shape index (κ3) is 3.10. The number of nitrogens with zero attached hydrogens (tertiary/aromatic N) is 1. The number of para-hydroxylation sites is 1. The van der Waals surface area contributed by atoms with Crippen molar-refractivity contribution in [3.05, 3.63) is 60.2 Å². The van der Waals surface area contributed by atoms with Crippen molar-refractivity contribution in [2.75, 3.05) is 26.6 Å². The Labute approximate surface area is 175 Å². The second kappa shape index (κ2) is 7.99. The summed E-state index contributed by atoms with van der Waals surface area (Å²) in [5.41, 5.74) is 3.40. The Morgan fingerprint density at radius 1 is 0.867 bits per heavy atom. The fourth-order valence-electron chi connectivity index (χ4n) is 3.95. The molecule has 0 fully saturated rings. The van der Waals surface area contributed by atoms with E-state index >= 15 is 0 Å². The molecule has 0 radical (unpaired) electrons. The number of anilines is 1. The van der Waals surface area contributed by atoms with Crippen LogP contribution in [0.3, 0.4) is 0 Å². The monoisotopic (exact) mass is 404 g/mol. The summed E-state index contributed by atoms with van der Waals surface area (Å²) in [6, 6.07) is 17.6. The Kier molecular flexibility index (Phi) is 5.23. The molecule has 6 heteroatoms. The number of fused-ring (bicyclic) bond motifs is 3. The number of benzene rings is 3. The number of hydrogen-bond acceptors (Lipinski definition) is 4. The van der Waals surface area contributed by atoms with E-state index in [0.29, 0.717) is 28.5 Å². The first-order valence-corrected chi connectivity index (χ1v) is 9.74. The number of methoxy groups -OCH3 is 3. The average molecular weight is 404 g/mol. The third-order valence-electron chi connectivity index (χ3n) is 5.30. The lowest BCUT2D eigenvalue weighted by Gasteiger charge is -2.15. The minimum atomic E-state index is -0.286. The van der Waals surface area contributed by atoms with Gasteiger partial charge in [0.15, 0.2) is 11.5 Å². The van der Waals surface area contributed by atoms with Gasteiger partial charge in [-0.3, -0.25) is 4.79 Å². The largest absolute Gasteiger partial charge is 0.493 e. The molecule has 0 unspecified atom stereocenters. The van der Waals surface area contributed by atoms with Gasteiger partial charge in [-0.25, -0.2) is 0 Å². The number of carbonyl (C=O) groups excluding carboxylic acids is 1. The molecule has 154 valence electrons. The van der Waals surface area contributed by atoms with Crippen LogP contribution in [0.4, 0.5) is 5.69 Å². The highest BCUT2D eigenvalue weighted by molar-refractivity contribution is 6.11. The SMILES string of the molecule is CCn1c2ccccc2c2cc(NC(=O)c3ccc(OC)c(OC)c3OC)ccc21. The van der Waals surface area contributed by atoms with Crippen molar-refractivity contribution in [3.8, 4) is 17.2 Å². The van der Waals surface area contributed by atoms with Gasteiger partial charge in [0.1, 0.15) is 0 Å². The molecule has 1 N–H and O–H groups in total. The molecule has 0 aliphatic rings. The van der Waals surface area contributed by atoms with Crippen LogP contribution in [0.5, 0.6) is 17.2 Å². The topological polar surface area (TPSA) is 61.7 Å². The number of hydrogen-bond donors (Lipinski definition) is 1. The van der Waals surface area contributed by atoms with Crippen LogP contribution in [0.25, 0.3) is 21.8 Å². The molecule has 0 aliphatic heterocycles. The summed E-state index contributed by atoms with van der Waals surface area (Å²) in [7, 11) is 4.55. The van der Waals surface area contributed by atoms with E-state index in [1.54, 1.807) is 19.2 Å². The van der Waals surface area contributed by atoms with Crippen molar-refractivity contribution in [1.82, 2.24) is 4.57 Å². The van der Waals surface area contributed by atoms with Crippen LogP contribution in [0.1, 0.15) is 17.3 Å². The maximum absolute atomic E-state index is 13.0. The molecular weight excluding hydrogens is 380 g/mol. The lowest BCUT2D eigenvalue weighted by molar-refractivity contribution is 0.102. The zero-order valence-corrected chi connectivity index (χ0v) is 17.5. The molecule has 0 bridgehead atoms. The number of amides is 1. The van der Waals surface area contributed by atoms with E-state index in [1.165, 1.54) is 19.7 Å². The highest BCUT2D eigenvalue weighted by Gasteiger charge is 2.21. The van der Waals surface area contributed by atoms with Gasteiger partial charge in [0, 0.05) is 34.0 Å². The van der Waals surface area contributed by atoms with Gasteiger partial charge < -0.3 is 24.1 Å². The van der Waals surface area contributed by atoms with Crippen molar-refractivity contribution in [1.29, 1.82) is 0 Å². The number of aryl methyl sites for hydroxylation is 1. The number of nitrogens with one attached hydrogen (secondary N) is 1. The fourth-order valence-corrected chi connectivity index (χ4v) is 3.95. The highest BCUT2D eigenvalue weighted by Crippen LogP contribution is 2.40. The molecule has 3 aromatic carbocycles. The van der Waals surface area contributed by atoms with Crippen LogP contribution in [-0.4, -0.2) is 31.8 Å². The van der Waals surface area contributed by atoms with Gasteiger partial charge in [0.05, 0.1) is 26.9 Å². The minimum Gasteiger partial charge on any atom is -0.493 e. The lowest BCUT2D eigenvalue weighted by Crippen LogP contribution is -2.14. The summed E-state index contributed by atoms with van der Waals surface area (Å²) in [5, 5.41) is 5.24. The average Bonchev–Trinajstić information content (AvgIpc) is 3.10. The van der Waals surface area contributed by atoms with E-state index in [1.807, 2.05) is 30.3 Å². The highest BCUT2D eigenvalue weighted by atomic mass is 16.5. The van der Waals surface area contributed by atoms with E-state index in [9.17, 15) is 4.79 Å². The summed E-state index contributed by atoms with van der Waals surface area (Å²) >= 11 is 0. The number of rotatable bonds is 6. The first-order chi connectivity index (χ1) is 14.6. The van der Waals surface area contributed by atoms with E-state index < -0.39 is 0 Å². The molecule has 0 saturated carbocycles. The maximum atomic E-state index is 13.0. The first-order valence-electron chi connectivity index (χ1n) is 9.74. The molecule has 4 rings (SSSR count). The smallest absolute Gasteiger partial charge is 0.259 e. The Bertz CT molecular complexity index is 1240. The zero-order valence-electron chi connectivity index (χ0n) is 17.5. The van der Waals surface area contributed by atoms with Gasteiger partial charge in [-0.05, 0) is 43.3 Å². The van der Waals surface area contributed by atoms with Crippen LogP contribution >= 0.6 is 0 Å². The van der Waals surface area contributed by atoms with E-state index in [4.69, 9.17) is 14.2 Å². The van der Waals surface area contributed by atoms with Crippen LogP contribution in [-0.2, 0) is 6.54 Å². The summed E-state index contributed by atoms with van der Waals surface area (Å²) in [6.07, 6.45) is 0. The third-order valence-corrected chi connectivity index (χ3v) is 5.30. The zero-order chi connectivity index (χ0) is 21.3. The van der Waals surface area contributed by atoms with Crippen LogP contribution in [0.2, 0.25) is 0 Å². The molecule has 0 spiro atoms. The van der Waals surface area contributed by atoms with Gasteiger partial charge in [-0.2, -0.15) is 0 Å². The minimum absolute atomic E-state index is 0.286. The fraction of sp³-hybridized carbons (Fsp3) is 0.208. The summed E-state index contributed by atoms with van der Waals surface area (Å²) < 4.78 is 18.4. The molecular formula is C24H24N2O4. The molecule has 30 heavy (non-hydrogen) atoms. The Morgan fingerprint density at radius 2 is 1.60 bits per heavy atom. The second-order valence-corrected chi connectivity index (χ2v) is 6.83. The molecule has 1 aromatic heterocycles. The molecule has 4 aromatic rings. The lowest BCUT2D eigenvalue weighted by atomic mass is 10.1. The quantitative estimate of drug-likeness (QED) is 0.486. The second-order valence-electron chi connectivity index (χ2n) is 6.83. The van der Waals surface area contributed by atoms with Gasteiger partial charge in [-0.15, -0.1) is 0 Å². The molecule has 0 saturated heterocycles. The number of aromatic nitrogens is 1. The van der Waals surface area contributed by atoms with E-state index in [-0.39, 0.29) is 5.91 Å². The van der Waals surface area contributed by atoms with Crippen molar-refractivity contribution in [2.45, 2.75) is 13.5 Å². The van der Waals surface area contributed by atoms with Crippen molar-refractivity contribution in [3.63, 3.8) is 0 Å². The van der Waals surface area contributed by atoms with Crippen molar-refractivity contribution < 1.29 is 19.0 Å². The van der Waals surface area contributed by atoms with Gasteiger partial charge in [0.25, 0.3) is 5.91 Å². The van der Waals surface area contributed by atoms with Gasteiger partial charge in [0.2, 0.25) is 5.75 Å². The maximum Gasteiger partial charge on any atom is 0.259 e. The summed E-state index contributed by atoms with van der Waals surface area (Å²) in [5.74, 6) is 0.929. The van der Waals surface area contributed by atoms with Crippen LogP contribution in [0.15, 0.2) is 54.6 Å². The molecule has 1 heterocycles. The van der Waals surface area contributed by atoms with Crippen molar-refractivity contribution >= 4 is 33.4 Å². The molecule has 0 aliphatic carbocycles. The normalized spacial score (nSPS) is 10.9. The van der Waals surface area contributed by atoms with Crippen molar-refractivity contribution in [2.24, 2.45) is 0 Å². The van der Waals surface area contributed by atoms with Gasteiger partial charge in [-0.1, -0.05) is 18.2 Å². The molecule has 0 atom stereocenters. The Hall–Kier alpha value is -3.67. The number of carbonyl (C=O) groups is 1. The predicted octanol–water partition coefficient (Wildman–Crippen LogP) is 5.09. The Morgan fingerprint density at radius 3 is 2.30 bits per heavy atom.